The maximum atomic E-state index is 11.8. The maximum absolute atomic E-state index is 11.8. The molecule has 0 radical (unpaired) electrons. The van der Waals surface area contributed by atoms with Gasteiger partial charge in [0.1, 0.15) is 0 Å². The Morgan fingerprint density at radius 2 is 2.06 bits per heavy atom. The Bertz CT molecular complexity index is 631. The van der Waals surface area contributed by atoms with Crippen molar-refractivity contribution in [3.63, 3.8) is 0 Å². The lowest BCUT2D eigenvalue weighted by Gasteiger charge is -2.12. The van der Waals surface area contributed by atoms with Crippen molar-refractivity contribution in [3.8, 4) is 0 Å². The van der Waals surface area contributed by atoms with Gasteiger partial charge in [-0.3, -0.25) is 4.79 Å². The summed E-state index contributed by atoms with van der Waals surface area (Å²) in [6.07, 6.45) is 4.09. The number of allylic oxidation sites excluding steroid dienone is 1. The lowest BCUT2D eigenvalue weighted by molar-refractivity contribution is 0.0994. The number of carbonyl (C=O) groups excluding carboxylic acids is 1. The zero-order valence-electron chi connectivity index (χ0n) is 8.40. The molecule has 0 saturated heterocycles. The molecule has 0 amide bonds. The molecule has 1 aliphatic carbocycles. The van der Waals surface area contributed by atoms with Crippen LogP contribution < -0.4 is 0 Å². The van der Waals surface area contributed by atoms with Gasteiger partial charge in [-0.2, -0.15) is 0 Å². The molecule has 0 unspecified atom stereocenters. The molecule has 2 nitrogen and oxygen atoms in total. The van der Waals surface area contributed by atoms with E-state index in [9.17, 15) is 4.79 Å². The van der Waals surface area contributed by atoms with Gasteiger partial charge in [-0.15, -0.1) is 0 Å². The topological polar surface area (TPSA) is 30.0 Å². The van der Waals surface area contributed by atoms with Gasteiger partial charge in [-0.1, -0.05) is 35.9 Å². The quantitative estimate of drug-likeness (QED) is 0.692. The molecule has 78 valence electrons. The summed E-state index contributed by atoms with van der Waals surface area (Å²) in [6, 6.07) is 7.59. The fourth-order valence-electron chi connectivity index (χ4n) is 1.96. The summed E-state index contributed by atoms with van der Waals surface area (Å²) in [5.41, 5.74) is 2.06. The standard InChI is InChI=1S/C13H8ClNO/c14-13-8-4-1-2-5-9(8)15-10-6-3-7-11(16)12(10)13/h1-6H,7H2. The number of ketones is 1. The number of hydrogen-bond donors (Lipinski definition) is 0. The highest BCUT2D eigenvalue weighted by molar-refractivity contribution is 6.39. The predicted octanol–water partition coefficient (Wildman–Crippen LogP) is 3.49. The molecule has 16 heavy (non-hydrogen) atoms. The van der Waals surface area contributed by atoms with Crippen LogP contribution in [0.3, 0.4) is 0 Å². The van der Waals surface area contributed by atoms with Gasteiger partial charge in [0, 0.05) is 11.8 Å². The van der Waals surface area contributed by atoms with E-state index < -0.39 is 0 Å². The van der Waals surface area contributed by atoms with Crippen LogP contribution in [0.15, 0.2) is 30.3 Å². The van der Waals surface area contributed by atoms with Gasteiger partial charge in [0.2, 0.25) is 0 Å². The Hall–Kier alpha value is -1.67. The predicted molar refractivity (Wildman–Crippen MR) is 64.7 cm³/mol. The van der Waals surface area contributed by atoms with Crippen LogP contribution in [0.5, 0.6) is 0 Å². The third-order valence-corrected chi connectivity index (χ3v) is 3.11. The number of carbonyl (C=O) groups is 1. The molecule has 1 aromatic heterocycles. The molecule has 0 aliphatic heterocycles. The average molecular weight is 230 g/mol. The molecule has 0 saturated carbocycles. The number of halogens is 1. The van der Waals surface area contributed by atoms with Crippen LogP contribution in [0.4, 0.5) is 0 Å². The molecular weight excluding hydrogens is 222 g/mol. The first-order chi connectivity index (χ1) is 7.77. The Kier molecular flexibility index (Phi) is 2.04. The van der Waals surface area contributed by atoms with Crippen molar-refractivity contribution in [2.75, 3.05) is 0 Å². The zero-order chi connectivity index (χ0) is 11.1. The molecule has 0 fully saturated rings. The van der Waals surface area contributed by atoms with Crippen molar-refractivity contribution in [2.45, 2.75) is 6.42 Å². The molecule has 3 heteroatoms. The third kappa shape index (κ3) is 1.27. The van der Waals surface area contributed by atoms with Gasteiger partial charge in [-0.25, -0.2) is 4.98 Å². The average Bonchev–Trinajstić information content (AvgIpc) is 2.29. The summed E-state index contributed by atoms with van der Waals surface area (Å²) >= 11 is 6.26. The van der Waals surface area contributed by atoms with E-state index in [1.807, 2.05) is 36.4 Å². The monoisotopic (exact) mass is 229 g/mol. The van der Waals surface area contributed by atoms with Crippen LogP contribution in [0.1, 0.15) is 22.5 Å². The van der Waals surface area contributed by atoms with E-state index in [4.69, 9.17) is 11.6 Å². The van der Waals surface area contributed by atoms with Crippen LogP contribution in [0, 0.1) is 0 Å². The van der Waals surface area contributed by atoms with E-state index in [0.717, 1.165) is 10.9 Å². The summed E-state index contributed by atoms with van der Waals surface area (Å²) in [5.74, 6) is 0.0424. The lowest BCUT2D eigenvalue weighted by Crippen LogP contribution is -2.07. The smallest absolute Gasteiger partial charge is 0.170 e. The van der Waals surface area contributed by atoms with Crippen molar-refractivity contribution in [1.29, 1.82) is 0 Å². The van der Waals surface area contributed by atoms with Crippen molar-refractivity contribution in [1.82, 2.24) is 4.98 Å². The minimum atomic E-state index is 0.0424. The molecule has 3 rings (SSSR count). The van der Waals surface area contributed by atoms with Crippen molar-refractivity contribution >= 4 is 34.4 Å². The first kappa shape index (κ1) is 9.55. The van der Waals surface area contributed by atoms with Gasteiger partial charge in [0.05, 0.1) is 21.8 Å². The highest BCUT2D eigenvalue weighted by Crippen LogP contribution is 2.31. The van der Waals surface area contributed by atoms with Crippen molar-refractivity contribution in [3.05, 3.63) is 46.6 Å². The van der Waals surface area contributed by atoms with Crippen molar-refractivity contribution in [2.24, 2.45) is 0 Å². The van der Waals surface area contributed by atoms with E-state index in [1.54, 1.807) is 0 Å². The van der Waals surface area contributed by atoms with Gasteiger partial charge in [-0.05, 0) is 12.1 Å². The second-order valence-corrected chi connectivity index (χ2v) is 4.11. The van der Waals surface area contributed by atoms with E-state index in [2.05, 4.69) is 4.98 Å². The fourth-order valence-corrected chi connectivity index (χ4v) is 2.32. The largest absolute Gasteiger partial charge is 0.294 e. The molecule has 2 aromatic rings. The number of rotatable bonds is 0. The highest BCUT2D eigenvalue weighted by Gasteiger charge is 2.20. The van der Waals surface area contributed by atoms with E-state index in [1.165, 1.54) is 0 Å². The number of Topliss-reactive ketones (excluding diaryl/α,β-unsaturated/α-hetero) is 1. The second-order valence-electron chi connectivity index (χ2n) is 3.73. The van der Waals surface area contributed by atoms with Crippen LogP contribution in [0.2, 0.25) is 5.02 Å². The number of para-hydroxylation sites is 1. The van der Waals surface area contributed by atoms with Crippen LogP contribution in [-0.2, 0) is 0 Å². The summed E-state index contributed by atoms with van der Waals surface area (Å²) < 4.78 is 0. The number of pyridine rings is 1. The first-order valence-corrected chi connectivity index (χ1v) is 5.43. The number of hydrogen-bond acceptors (Lipinski definition) is 2. The Labute approximate surface area is 97.6 Å². The molecule has 0 N–H and O–H groups in total. The Morgan fingerprint density at radius 3 is 2.94 bits per heavy atom. The van der Waals surface area contributed by atoms with E-state index >= 15 is 0 Å². The van der Waals surface area contributed by atoms with Crippen LogP contribution >= 0.6 is 11.6 Å². The second kappa shape index (κ2) is 3.42. The van der Waals surface area contributed by atoms with Gasteiger partial charge in [0.15, 0.2) is 5.78 Å². The zero-order valence-corrected chi connectivity index (χ0v) is 9.16. The van der Waals surface area contributed by atoms with E-state index in [0.29, 0.717) is 22.7 Å². The third-order valence-electron chi connectivity index (χ3n) is 2.71. The maximum Gasteiger partial charge on any atom is 0.170 e. The Balaban J connectivity index is 2.46. The summed E-state index contributed by atoms with van der Waals surface area (Å²) in [7, 11) is 0. The SMILES string of the molecule is O=C1CC=Cc2nc3ccccc3c(Cl)c21. The van der Waals surface area contributed by atoms with Crippen LogP contribution in [0.25, 0.3) is 17.0 Å². The molecule has 1 heterocycles. The minimum Gasteiger partial charge on any atom is -0.294 e. The molecule has 0 spiro atoms. The summed E-state index contributed by atoms with van der Waals surface area (Å²) in [6.45, 7) is 0. The van der Waals surface area contributed by atoms with Gasteiger partial charge < -0.3 is 0 Å². The van der Waals surface area contributed by atoms with Crippen LogP contribution in [-0.4, -0.2) is 10.8 Å². The number of aromatic nitrogens is 1. The molecule has 0 bridgehead atoms. The molecular formula is C13H8ClNO. The highest BCUT2D eigenvalue weighted by atomic mass is 35.5. The summed E-state index contributed by atoms with van der Waals surface area (Å²) in [5, 5.41) is 1.36. The van der Waals surface area contributed by atoms with Gasteiger partial charge in [0.25, 0.3) is 0 Å². The molecule has 1 aliphatic rings. The van der Waals surface area contributed by atoms with Gasteiger partial charge >= 0.3 is 0 Å². The lowest BCUT2D eigenvalue weighted by atomic mass is 9.98. The van der Waals surface area contributed by atoms with E-state index in [-0.39, 0.29) is 5.78 Å². The van der Waals surface area contributed by atoms with Crippen molar-refractivity contribution < 1.29 is 4.79 Å². The number of nitrogens with zero attached hydrogens (tertiary/aromatic N) is 1. The number of fused-ring (bicyclic) bond motifs is 2. The Morgan fingerprint density at radius 1 is 1.25 bits per heavy atom. The molecule has 0 atom stereocenters. The fraction of sp³-hybridized carbons (Fsp3) is 0.0769. The first-order valence-electron chi connectivity index (χ1n) is 5.05. The number of benzene rings is 1. The summed E-state index contributed by atoms with van der Waals surface area (Å²) in [4.78, 5) is 16.2. The molecule has 1 aromatic carbocycles. The minimum absolute atomic E-state index is 0.0424. The normalized spacial score (nSPS) is 14.2.